The molecule has 0 fully saturated rings. The average molecular weight is 282 g/mol. The number of Topliss-reactive ketones (excluding diaryl/α,β-unsaturated/α-hetero) is 1. The number of carbonyl (C=O) groups is 1. The predicted octanol–water partition coefficient (Wildman–Crippen LogP) is 3.37. The SMILES string of the molecule is CC(C)c1nnsc1C(=O)Cc1ccc(F)c(F)c1. The van der Waals surface area contributed by atoms with Gasteiger partial charge in [0.05, 0.1) is 5.69 Å². The number of ketones is 1. The monoisotopic (exact) mass is 282 g/mol. The number of benzene rings is 1. The van der Waals surface area contributed by atoms with E-state index in [1.54, 1.807) is 0 Å². The molecule has 2 rings (SSSR count). The minimum absolute atomic E-state index is 0.0147. The van der Waals surface area contributed by atoms with Gasteiger partial charge in [-0.05, 0) is 35.1 Å². The van der Waals surface area contributed by atoms with Crippen molar-refractivity contribution in [1.29, 1.82) is 0 Å². The molecule has 0 aliphatic heterocycles. The normalized spacial score (nSPS) is 11.0. The van der Waals surface area contributed by atoms with Gasteiger partial charge < -0.3 is 0 Å². The molecule has 1 heterocycles. The summed E-state index contributed by atoms with van der Waals surface area (Å²) in [6, 6.07) is 3.46. The van der Waals surface area contributed by atoms with E-state index in [0.717, 1.165) is 23.7 Å². The third-order valence-electron chi connectivity index (χ3n) is 2.66. The van der Waals surface area contributed by atoms with E-state index in [4.69, 9.17) is 0 Å². The highest BCUT2D eigenvalue weighted by Gasteiger charge is 2.19. The molecule has 0 amide bonds. The average Bonchev–Trinajstić information content (AvgIpc) is 2.83. The van der Waals surface area contributed by atoms with Crippen molar-refractivity contribution in [3.05, 3.63) is 46.0 Å². The van der Waals surface area contributed by atoms with Crippen LogP contribution in [0.25, 0.3) is 0 Å². The topological polar surface area (TPSA) is 42.9 Å². The second-order valence-corrected chi connectivity index (χ2v) is 5.24. The minimum atomic E-state index is -0.947. The van der Waals surface area contributed by atoms with Gasteiger partial charge in [0.1, 0.15) is 4.88 Å². The minimum Gasteiger partial charge on any atom is -0.293 e. The summed E-state index contributed by atoms with van der Waals surface area (Å²) in [6.45, 7) is 3.84. The first-order valence-electron chi connectivity index (χ1n) is 5.78. The van der Waals surface area contributed by atoms with E-state index in [2.05, 4.69) is 9.59 Å². The first kappa shape index (κ1) is 13.7. The number of halogens is 2. The molecule has 6 heteroatoms. The van der Waals surface area contributed by atoms with Crippen LogP contribution in [0.5, 0.6) is 0 Å². The first-order valence-corrected chi connectivity index (χ1v) is 6.55. The number of hydrogen-bond acceptors (Lipinski definition) is 4. The Kier molecular flexibility index (Phi) is 3.99. The lowest BCUT2D eigenvalue weighted by Crippen LogP contribution is -2.06. The Morgan fingerprint density at radius 2 is 2.05 bits per heavy atom. The van der Waals surface area contributed by atoms with E-state index < -0.39 is 11.6 Å². The second-order valence-electron chi connectivity index (χ2n) is 4.49. The predicted molar refractivity (Wildman–Crippen MR) is 68.4 cm³/mol. The van der Waals surface area contributed by atoms with E-state index in [1.165, 1.54) is 6.07 Å². The van der Waals surface area contributed by atoms with Crippen LogP contribution in [-0.4, -0.2) is 15.4 Å². The van der Waals surface area contributed by atoms with Crippen LogP contribution >= 0.6 is 11.5 Å². The fourth-order valence-electron chi connectivity index (χ4n) is 1.68. The largest absolute Gasteiger partial charge is 0.293 e. The molecular formula is C13H12F2N2OS. The van der Waals surface area contributed by atoms with Gasteiger partial charge >= 0.3 is 0 Å². The van der Waals surface area contributed by atoms with Crippen LogP contribution in [0.4, 0.5) is 8.78 Å². The molecule has 0 atom stereocenters. The van der Waals surface area contributed by atoms with E-state index in [1.807, 2.05) is 13.8 Å². The Bertz CT molecular complexity index is 610. The molecule has 100 valence electrons. The van der Waals surface area contributed by atoms with Crippen molar-refractivity contribution < 1.29 is 13.6 Å². The number of carbonyl (C=O) groups excluding carboxylic acids is 1. The number of hydrogen-bond donors (Lipinski definition) is 0. The molecular weight excluding hydrogens is 270 g/mol. The van der Waals surface area contributed by atoms with Gasteiger partial charge in [-0.2, -0.15) is 0 Å². The molecule has 0 bridgehead atoms. The highest BCUT2D eigenvalue weighted by molar-refractivity contribution is 7.08. The van der Waals surface area contributed by atoms with Crippen LogP contribution in [0.2, 0.25) is 0 Å². The lowest BCUT2D eigenvalue weighted by molar-refractivity contribution is 0.0995. The first-order chi connectivity index (χ1) is 8.99. The van der Waals surface area contributed by atoms with E-state index in [0.29, 0.717) is 16.1 Å². The van der Waals surface area contributed by atoms with E-state index >= 15 is 0 Å². The number of nitrogens with zero attached hydrogens (tertiary/aromatic N) is 2. The van der Waals surface area contributed by atoms with Crippen molar-refractivity contribution in [2.75, 3.05) is 0 Å². The second kappa shape index (κ2) is 5.52. The van der Waals surface area contributed by atoms with Gasteiger partial charge in [-0.25, -0.2) is 8.78 Å². The van der Waals surface area contributed by atoms with Gasteiger partial charge in [0, 0.05) is 6.42 Å². The maximum atomic E-state index is 13.1. The summed E-state index contributed by atoms with van der Waals surface area (Å²) >= 11 is 1.03. The maximum absolute atomic E-state index is 13.1. The summed E-state index contributed by atoms with van der Waals surface area (Å²) in [5.41, 5.74) is 1.09. The molecule has 2 aromatic rings. The van der Waals surface area contributed by atoms with Crippen molar-refractivity contribution in [2.45, 2.75) is 26.2 Å². The summed E-state index contributed by atoms with van der Waals surface area (Å²) < 4.78 is 29.6. The Morgan fingerprint density at radius 3 is 2.68 bits per heavy atom. The lowest BCUT2D eigenvalue weighted by atomic mass is 10.0. The highest BCUT2D eigenvalue weighted by Crippen LogP contribution is 2.22. The lowest BCUT2D eigenvalue weighted by Gasteiger charge is -2.04. The van der Waals surface area contributed by atoms with Crippen molar-refractivity contribution >= 4 is 17.3 Å². The Hall–Kier alpha value is -1.69. The molecule has 1 aromatic heterocycles. The van der Waals surface area contributed by atoms with Gasteiger partial charge in [0.15, 0.2) is 17.4 Å². The standard InChI is InChI=1S/C13H12F2N2OS/c1-7(2)12-13(19-17-16-12)11(18)6-8-3-4-9(14)10(15)5-8/h3-5,7H,6H2,1-2H3. The Morgan fingerprint density at radius 1 is 1.32 bits per heavy atom. The molecule has 0 radical (unpaired) electrons. The van der Waals surface area contributed by atoms with Crippen LogP contribution in [0, 0.1) is 11.6 Å². The molecule has 1 aromatic carbocycles. The van der Waals surface area contributed by atoms with Crippen LogP contribution in [-0.2, 0) is 6.42 Å². The van der Waals surface area contributed by atoms with E-state index in [9.17, 15) is 13.6 Å². The van der Waals surface area contributed by atoms with Gasteiger partial charge in [0.2, 0.25) is 0 Å². The molecule has 0 saturated carbocycles. The van der Waals surface area contributed by atoms with Gasteiger partial charge in [-0.1, -0.05) is 24.4 Å². The van der Waals surface area contributed by atoms with E-state index in [-0.39, 0.29) is 18.1 Å². The smallest absolute Gasteiger partial charge is 0.180 e. The molecule has 0 aliphatic carbocycles. The summed E-state index contributed by atoms with van der Waals surface area (Å²) in [4.78, 5) is 12.6. The summed E-state index contributed by atoms with van der Waals surface area (Å²) in [5, 5.41) is 3.92. The van der Waals surface area contributed by atoms with Crippen LogP contribution in [0.3, 0.4) is 0 Å². The Labute approximate surface area is 113 Å². The molecule has 0 unspecified atom stereocenters. The van der Waals surface area contributed by atoms with Crippen molar-refractivity contribution in [3.8, 4) is 0 Å². The zero-order chi connectivity index (χ0) is 14.0. The maximum Gasteiger partial charge on any atom is 0.180 e. The molecule has 0 saturated heterocycles. The highest BCUT2D eigenvalue weighted by atomic mass is 32.1. The van der Waals surface area contributed by atoms with Crippen molar-refractivity contribution in [1.82, 2.24) is 9.59 Å². The van der Waals surface area contributed by atoms with Crippen LogP contribution in [0.15, 0.2) is 18.2 Å². The number of aromatic nitrogens is 2. The fraction of sp³-hybridized carbons (Fsp3) is 0.308. The Balaban J connectivity index is 2.21. The zero-order valence-corrected chi connectivity index (χ0v) is 11.3. The zero-order valence-electron chi connectivity index (χ0n) is 10.5. The molecule has 0 aliphatic rings. The quantitative estimate of drug-likeness (QED) is 0.807. The summed E-state index contributed by atoms with van der Waals surface area (Å²) in [6.07, 6.45) is 0.0147. The third kappa shape index (κ3) is 3.01. The van der Waals surface area contributed by atoms with Crippen molar-refractivity contribution in [2.24, 2.45) is 0 Å². The summed E-state index contributed by atoms with van der Waals surface area (Å²) in [7, 11) is 0. The van der Waals surface area contributed by atoms with Crippen LogP contribution < -0.4 is 0 Å². The van der Waals surface area contributed by atoms with Crippen molar-refractivity contribution in [3.63, 3.8) is 0 Å². The van der Waals surface area contributed by atoms with Gasteiger partial charge in [-0.3, -0.25) is 4.79 Å². The fourth-order valence-corrected chi connectivity index (χ4v) is 2.44. The summed E-state index contributed by atoms with van der Waals surface area (Å²) in [5.74, 6) is -1.94. The third-order valence-corrected chi connectivity index (χ3v) is 3.44. The number of rotatable bonds is 4. The molecule has 0 N–H and O–H groups in total. The van der Waals surface area contributed by atoms with Crippen LogP contribution in [0.1, 0.15) is 40.7 Å². The molecule has 3 nitrogen and oxygen atoms in total. The molecule has 19 heavy (non-hydrogen) atoms. The van der Waals surface area contributed by atoms with Gasteiger partial charge in [-0.15, -0.1) is 5.10 Å². The molecule has 0 spiro atoms. The van der Waals surface area contributed by atoms with Gasteiger partial charge in [0.25, 0.3) is 0 Å².